The molecule has 0 bridgehead atoms. The Bertz CT molecular complexity index is 548. The Morgan fingerprint density at radius 3 is 2.92 bits per heavy atom. The SMILES string of the molecule is CCOc1ccc(CCNC(=O)N2CCCCC2CCO)cc1OC. The predicted octanol–water partition coefficient (Wildman–Crippen LogP) is 2.58. The van der Waals surface area contributed by atoms with E-state index in [9.17, 15) is 9.90 Å². The smallest absolute Gasteiger partial charge is 0.317 e. The number of likely N-dealkylation sites (tertiary alicyclic amines) is 1. The first-order valence-corrected chi connectivity index (χ1v) is 9.14. The monoisotopic (exact) mass is 350 g/mol. The third kappa shape index (κ3) is 5.53. The molecule has 1 aromatic rings. The number of aliphatic hydroxyl groups excluding tert-OH is 1. The van der Waals surface area contributed by atoms with Gasteiger partial charge in [0.1, 0.15) is 0 Å². The number of piperidine rings is 1. The molecular weight excluding hydrogens is 320 g/mol. The number of nitrogens with zero attached hydrogens (tertiary/aromatic N) is 1. The second-order valence-corrected chi connectivity index (χ2v) is 6.26. The maximum absolute atomic E-state index is 12.4. The summed E-state index contributed by atoms with van der Waals surface area (Å²) in [5, 5.41) is 12.2. The second kappa shape index (κ2) is 10.1. The van der Waals surface area contributed by atoms with Crippen molar-refractivity contribution >= 4 is 6.03 Å². The first kappa shape index (κ1) is 19.4. The molecule has 2 rings (SSSR count). The van der Waals surface area contributed by atoms with Crippen molar-refractivity contribution in [2.75, 3.05) is 33.4 Å². The van der Waals surface area contributed by atoms with Crippen LogP contribution in [0.2, 0.25) is 0 Å². The van der Waals surface area contributed by atoms with Gasteiger partial charge in [0.25, 0.3) is 0 Å². The van der Waals surface area contributed by atoms with Gasteiger partial charge in [-0.3, -0.25) is 0 Å². The molecule has 0 spiro atoms. The first-order chi connectivity index (χ1) is 12.2. The average molecular weight is 350 g/mol. The van der Waals surface area contributed by atoms with E-state index in [0.29, 0.717) is 25.3 Å². The largest absolute Gasteiger partial charge is 0.493 e. The Labute approximate surface area is 150 Å². The summed E-state index contributed by atoms with van der Waals surface area (Å²) >= 11 is 0. The van der Waals surface area contributed by atoms with E-state index in [4.69, 9.17) is 9.47 Å². The molecule has 1 aliphatic rings. The molecule has 1 aliphatic heterocycles. The van der Waals surface area contributed by atoms with Gasteiger partial charge in [-0.15, -0.1) is 0 Å². The van der Waals surface area contributed by atoms with Crippen LogP contribution in [-0.2, 0) is 6.42 Å². The van der Waals surface area contributed by atoms with Gasteiger partial charge in [0.15, 0.2) is 11.5 Å². The molecule has 0 radical (unpaired) electrons. The fourth-order valence-electron chi connectivity index (χ4n) is 3.27. The van der Waals surface area contributed by atoms with Gasteiger partial charge in [0.2, 0.25) is 0 Å². The summed E-state index contributed by atoms with van der Waals surface area (Å²) in [5.74, 6) is 1.45. The quantitative estimate of drug-likeness (QED) is 0.756. The van der Waals surface area contributed by atoms with Gasteiger partial charge in [0, 0.05) is 25.7 Å². The van der Waals surface area contributed by atoms with Crippen LogP contribution in [0.25, 0.3) is 0 Å². The Balaban J connectivity index is 1.86. The molecule has 2 N–H and O–H groups in total. The summed E-state index contributed by atoms with van der Waals surface area (Å²) in [4.78, 5) is 14.3. The maximum Gasteiger partial charge on any atom is 0.317 e. The summed E-state index contributed by atoms with van der Waals surface area (Å²) in [6.07, 6.45) is 4.52. The summed E-state index contributed by atoms with van der Waals surface area (Å²) in [6, 6.07) is 5.98. The maximum atomic E-state index is 12.4. The number of amides is 2. The van der Waals surface area contributed by atoms with Gasteiger partial charge < -0.3 is 24.8 Å². The average Bonchev–Trinajstić information content (AvgIpc) is 2.63. The molecule has 1 fully saturated rings. The second-order valence-electron chi connectivity index (χ2n) is 6.26. The van der Waals surface area contributed by atoms with Crippen molar-refractivity contribution in [3.05, 3.63) is 23.8 Å². The lowest BCUT2D eigenvalue weighted by molar-refractivity contribution is 0.132. The molecule has 1 unspecified atom stereocenters. The van der Waals surface area contributed by atoms with Gasteiger partial charge in [-0.2, -0.15) is 0 Å². The normalized spacial score (nSPS) is 17.2. The number of aliphatic hydroxyl groups is 1. The number of urea groups is 1. The molecule has 140 valence electrons. The molecule has 2 amide bonds. The minimum Gasteiger partial charge on any atom is -0.493 e. The third-order valence-electron chi connectivity index (χ3n) is 4.57. The number of carbonyl (C=O) groups excluding carboxylic acids is 1. The van der Waals surface area contributed by atoms with Crippen LogP contribution >= 0.6 is 0 Å². The fraction of sp³-hybridized carbons (Fsp3) is 0.632. The minimum absolute atomic E-state index is 0.0314. The van der Waals surface area contributed by atoms with E-state index >= 15 is 0 Å². The van der Waals surface area contributed by atoms with E-state index in [-0.39, 0.29) is 18.7 Å². The van der Waals surface area contributed by atoms with E-state index in [1.807, 2.05) is 30.0 Å². The molecule has 25 heavy (non-hydrogen) atoms. The van der Waals surface area contributed by atoms with E-state index in [1.165, 1.54) is 0 Å². The lowest BCUT2D eigenvalue weighted by Gasteiger charge is -2.35. The van der Waals surface area contributed by atoms with Crippen LogP contribution in [0.1, 0.15) is 38.2 Å². The lowest BCUT2D eigenvalue weighted by atomic mass is 10.0. The number of nitrogens with one attached hydrogen (secondary N) is 1. The molecule has 0 aromatic heterocycles. The van der Waals surface area contributed by atoms with E-state index in [0.717, 1.165) is 43.5 Å². The fourth-order valence-corrected chi connectivity index (χ4v) is 3.27. The summed E-state index contributed by atoms with van der Waals surface area (Å²) in [7, 11) is 1.63. The van der Waals surface area contributed by atoms with Crippen LogP contribution in [0.5, 0.6) is 11.5 Å². The number of hydrogen-bond donors (Lipinski definition) is 2. The van der Waals surface area contributed by atoms with Crippen molar-refractivity contribution in [2.24, 2.45) is 0 Å². The standard InChI is InChI=1S/C19H30N2O4/c1-3-25-17-8-7-15(14-18(17)24-2)9-11-20-19(23)21-12-5-4-6-16(21)10-13-22/h7-8,14,16,22H,3-6,9-13H2,1-2H3,(H,20,23). The van der Waals surface area contributed by atoms with Gasteiger partial charge in [-0.25, -0.2) is 4.79 Å². The number of ether oxygens (including phenoxy) is 2. The van der Waals surface area contributed by atoms with Crippen molar-refractivity contribution in [1.29, 1.82) is 0 Å². The Hall–Kier alpha value is -1.95. The van der Waals surface area contributed by atoms with Crippen molar-refractivity contribution in [3.8, 4) is 11.5 Å². The summed E-state index contributed by atoms with van der Waals surface area (Å²) in [6.45, 7) is 4.00. The molecule has 6 heteroatoms. The highest BCUT2D eigenvalue weighted by atomic mass is 16.5. The highest BCUT2D eigenvalue weighted by Gasteiger charge is 2.25. The van der Waals surface area contributed by atoms with Crippen LogP contribution in [-0.4, -0.2) is 55.5 Å². The van der Waals surface area contributed by atoms with Crippen LogP contribution < -0.4 is 14.8 Å². The van der Waals surface area contributed by atoms with Gasteiger partial charge in [0.05, 0.1) is 13.7 Å². The predicted molar refractivity (Wildman–Crippen MR) is 97.3 cm³/mol. The highest BCUT2D eigenvalue weighted by Crippen LogP contribution is 2.28. The van der Waals surface area contributed by atoms with E-state index in [2.05, 4.69) is 5.32 Å². The molecule has 1 aromatic carbocycles. The molecule has 1 atom stereocenters. The first-order valence-electron chi connectivity index (χ1n) is 9.14. The van der Waals surface area contributed by atoms with Crippen molar-refractivity contribution < 1.29 is 19.4 Å². The zero-order valence-electron chi connectivity index (χ0n) is 15.3. The highest BCUT2D eigenvalue weighted by molar-refractivity contribution is 5.74. The zero-order chi connectivity index (χ0) is 18.1. The van der Waals surface area contributed by atoms with Crippen molar-refractivity contribution in [3.63, 3.8) is 0 Å². The van der Waals surface area contributed by atoms with Crippen LogP contribution in [0, 0.1) is 0 Å². The molecule has 1 heterocycles. The molecule has 6 nitrogen and oxygen atoms in total. The lowest BCUT2D eigenvalue weighted by Crippen LogP contribution is -2.49. The topological polar surface area (TPSA) is 71.0 Å². The Morgan fingerprint density at radius 1 is 1.36 bits per heavy atom. The number of carbonyl (C=O) groups is 1. The van der Waals surface area contributed by atoms with Crippen LogP contribution in [0.4, 0.5) is 4.79 Å². The molecule has 0 saturated carbocycles. The Kier molecular flexibility index (Phi) is 7.85. The third-order valence-corrected chi connectivity index (χ3v) is 4.57. The summed E-state index contributed by atoms with van der Waals surface area (Å²) < 4.78 is 10.9. The van der Waals surface area contributed by atoms with Gasteiger partial charge in [-0.05, 0) is 56.7 Å². The number of rotatable bonds is 8. The van der Waals surface area contributed by atoms with Crippen LogP contribution in [0.15, 0.2) is 18.2 Å². The summed E-state index contributed by atoms with van der Waals surface area (Å²) in [5.41, 5.74) is 1.09. The number of methoxy groups -OCH3 is 1. The molecule has 0 aliphatic carbocycles. The van der Waals surface area contributed by atoms with E-state index < -0.39 is 0 Å². The van der Waals surface area contributed by atoms with Crippen molar-refractivity contribution in [1.82, 2.24) is 10.2 Å². The van der Waals surface area contributed by atoms with Gasteiger partial charge >= 0.3 is 6.03 Å². The minimum atomic E-state index is -0.0314. The van der Waals surface area contributed by atoms with Gasteiger partial charge in [-0.1, -0.05) is 6.07 Å². The zero-order valence-corrected chi connectivity index (χ0v) is 15.3. The number of hydrogen-bond acceptors (Lipinski definition) is 4. The molecular formula is C19H30N2O4. The van der Waals surface area contributed by atoms with E-state index in [1.54, 1.807) is 7.11 Å². The van der Waals surface area contributed by atoms with Crippen LogP contribution in [0.3, 0.4) is 0 Å². The van der Waals surface area contributed by atoms with Crippen molar-refractivity contribution in [2.45, 2.75) is 45.1 Å². The number of benzene rings is 1. The Morgan fingerprint density at radius 2 is 2.20 bits per heavy atom. The molecule has 1 saturated heterocycles.